The molecular formula is C24H26N2O3S. The molecule has 0 aliphatic heterocycles. The molecule has 0 spiro atoms. The summed E-state index contributed by atoms with van der Waals surface area (Å²) < 4.78 is 5.27. The number of thiazole rings is 1. The first-order valence-electron chi connectivity index (χ1n) is 10.3. The summed E-state index contributed by atoms with van der Waals surface area (Å²) in [6.45, 7) is 0. The molecule has 1 aliphatic rings. The molecule has 156 valence electrons. The van der Waals surface area contributed by atoms with Gasteiger partial charge >= 0.3 is 5.97 Å². The maximum atomic E-state index is 10.9. The number of nitrogens with zero attached hydrogens (tertiary/aromatic N) is 1. The van der Waals surface area contributed by atoms with E-state index in [4.69, 9.17) is 14.8 Å². The van der Waals surface area contributed by atoms with Crippen LogP contribution in [-0.2, 0) is 4.79 Å². The Bertz CT molecular complexity index is 992. The highest BCUT2D eigenvalue weighted by Crippen LogP contribution is 2.38. The number of hydrogen-bond acceptors (Lipinski definition) is 5. The molecule has 6 heteroatoms. The van der Waals surface area contributed by atoms with E-state index in [9.17, 15) is 4.79 Å². The second-order valence-corrected chi connectivity index (χ2v) is 8.69. The lowest BCUT2D eigenvalue weighted by Gasteiger charge is -2.28. The van der Waals surface area contributed by atoms with Crippen molar-refractivity contribution in [1.82, 2.24) is 4.98 Å². The van der Waals surface area contributed by atoms with Crippen LogP contribution >= 0.6 is 11.3 Å². The van der Waals surface area contributed by atoms with Crippen LogP contribution in [-0.4, -0.2) is 23.2 Å². The Morgan fingerprint density at radius 1 is 1.17 bits per heavy atom. The lowest BCUT2D eigenvalue weighted by atomic mass is 9.77. The quantitative estimate of drug-likeness (QED) is 0.467. The number of methoxy groups -OCH3 is 1. The van der Waals surface area contributed by atoms with Gasteiger partial charge < -0.3 is 15.2 Å². The zero-order chi connectivity index (χ0) is 20.9. The summed E-state index contributed by atoms with van der Waals surface area (Å²) in [5.74, 6) is 1.00. The Hall–Kier alpha value is -2.86. The van der Waals surface area contributed by atoms with Crippen molar-refractivity contribution < 1.29 is 14.6 Å². The molecule has 30 heavy (non-hydrogen) atoms. The summed E-state index contributed by atoms with van der Waals surface area (Å²) in [6.07, 6.45) is 4.46. The molecule has 0 amide bonds. The van der Waals surface area contributed by atoms with E-state index in [-0.39, 0.29) is 0 Å². The number of carboxylic acids is 1. The Kier molecular flexibility index (Phi) is 6.33. The number of anilines is 2. The summed E-state index contributed by atoms with van der Waals surface area (Å²) in [6, 6.07) is 16.5. The molecule has 0 radical (unpaired) electrons. The molecule has 1 heterocycles. The molecule has 5 nitrogen and oxygen atoms in total. The van der Waals surface area contributed by atoms with Gasteiger partial charge in [-0.1, -0.05) is 30.3 Å². The Balaban J connectivity index is 1.38. The summed E-state index contributed by atoms with van der Waals surface area (Å²) >= 11 is 1.58. The maximum Gasteiger partial charge on any atom is 0.303 e. The van der Waals surface area contributed by atoms with Gasteiger partial charge in [0.2, 0.25) is 0 Å². The SMILES string of the molecule is COc1cccc(Nc2nc(-c3ccc([C@H]4CC[C@H](CC(=O)O)CC4)cc3)cs2)c1. The van der Waals surface area contributed by atoms with Crippen molar-refractivity contribution in [2.75, 3.05) is 12.4 Å². The maximum absolute atomic E-state index is 10.9. The smallest absolute Gasteiger partial charge is 0.303 e. The average Bonchev–Trinajstić information content (AvgIpc) is 3.22. The molecule has 1 aliphatic carbocycles. The van der Waals surface area contributed by atoms with Crippen molar-refractivity contribution in [2.45, 2.75) is 38.0 Å². The normalized spacial score (nSPS) is 18.7. The van der Waals surface area contributed by atoms with E-state index in [0.717, 1.165) is 53.5 Å². The van der Waals surface area contributed by atoms with E-state index < -0.39 is 5.97 Å². The number of carboxylic acid groups (broad SMARTS) is 1. The van der Waals surface area contributed by atoms with Crippen LogP contribution in [0.15, 0.2) is 53.9 Å². The van der Waals surface area contributed by atoms with Crippen LogP contribution in [0.25, 0.3) is 11.3 Å². The van der Waals surface area contributed by atoms with Crippen molar-refractivity contribution in [2.24, 2.45) is 5.92 Å². The van der Waals surface area contributed by atoms with E-state index in [2.05, 4.69) is 35.0 Å². The van der Waals surface area contributed by atoms with Crippen molar-refractivity contribution in [3.05, 3.63) is 59.5 Å². The second-order valence-electron chi connectivity index (χ2n) is 7.83. The topological polar surface area (TPSA) is 71.5 Å². The molecule has 1 aromatic heterocycles. The number of benzene rings is 2. The number of carbonyl (C=O) groups is 1. The minimum absolute atomic E-state index is 0.307. The Morgan fingerprint density at radius 3 is 2.63 bits per heavy atom. The van der Waals surface area contributed by atoms with Gasteiger partial charge in [0.25, 0.3) is 0 Å². The fourth-order valence-corrected chi connectivity index (χ4v) is 4.90. The van der Waals surface area contributed by atoms with Crippen LogP contribution in [0.3, 0.4) is 0 Å². The number of ether oxygens (including phenoxy) is 1. The van der Waals surface area contributed by atoms with E-state index in [1.165, 1.54) is 5.56 Å². The van der Waals surface area contributed by atoms with Crippen LogP contribution in [0.5, 0.6) is 5.75 Å². The zero-order valence-electron chi connectivity index (χ0n) is 17.0. The average molecular weight is 423 g/mol. The van der Waals surface area contributed by atoms with Gasteiger partial charge in [-0.05, 0) is 55.2 Å². The molecule has 0 unspecified atom stereocenters. The van der Waals surface area contributed by atoms with E-state index in [1.54, 1.807) is 18.4 Å². The molecule has 0 atom stereocenters. The van der Waals surface area contributed by atoms with Gasteiger partial charge in [0.15, 0.2) is 5.13 Å². The lowest BCUT2D eigenvalue weighted by Crippen LogP contribution is -2.16. The monoisotopic (exact) mass is 422 g/mol. The van der Waals surface area contributed by atoms with Gasteiger partial charge in [-0.15, -0.1) is 11.3 Å². The third-order valence-electron chi connectivity index (χ3n) is 5.81. The molecule has 2 N–H and O–H groups in total. The minimum Gasteiger partial charge on any atom is -0.497 e. The third-order valence-corrected chi connectivity index (χ3v) is 6.57. The molecule has 0 bridgehead atoms. The van der Waals surface area contributed by atoms with E-state index in [1.807, 2.05) is 24.3 Å². The summed E-state index contributed by atoms with van der Waals surface area (Å²) in [7, 11) is 1.66. The predicted octanol–water partition coefficient (Wildman–Crippen LogP) is 6.31. The van der Waals surface area contributed by atoms with Crippen LogP contribution in [0, 0.1) is 5.92 Å². The first-order chi connectivity index (χ1) is 14.6. The number of nitrogens with one attached hydrogen (secondary N) is 1. The number of rotatable bonds is 7. The fourth-order valence-electron chi connectivity index (χ4n) is 4.16. The van der Waals surface area contributed by atoms with Crippen LogP contribution in [0.4, 0.5) is 10.8 Å². The zero-order valence-corrected chi connectivity index (χ0v) is 17.8. The van der Waals surface area contributed by atoms with Crippen molar-refractivity contribution >= 4 is 28.1 Å². The van der Waals surface area contributed by atoms with Crippen molar-refractivity contribution in [1.29, 1.82) is 0 Å². The minimum atomic E-state index is -0.675. The number of aromatic nitrogens is 1. The van der Waals surface area contributed by atoms with Crippen LogP contribution < -0.4 is 10.1 Å². The van der Waals surface area contributed by atoms with Gasteiger partial charge in [0.05, 0.1) is 12.8 Å². The van der Waals surface area contributed by atoms with E-state index >= 15 is 0 Å². The molecule has 2 aromatic carbocycles. The summed E-state index contributed by atoms with van der Waals surface area (Å²) in [4.78, 5) is 15.6. The summed E-state index contributed by atoms with van der Waals surface area (Å²) in [5.41, 5.74) is 4.36. The van der Waals surface area contributed by atoms with Crippen molar-refractivity contribution in [3.63, 3.8) is 0 Å². The van der Waals surface area contributed by atoms with Crippen molar-refractivity contribution in [3.8, 4) is 17.0 Å². The van der Waals surface area contributed by atoms with Gasteiger partial charge in [-0.3, -0.25) is 4.79 Å². The highest BCUT2D eigenvalue weighted by Gasteiger charge is 2.24. The largest absolute Gasteiger partial charge is 0.497 e. The second kappa shape index (κ2) is 9.30. The Labute approximate surface area is 180 Å². The molecule has 1 saturated carbocycles. The summed E-state index contributed by atoms with van der Waals surface area (Å²) in [5, 5.41) is 15.2. The molecule has 3 aromatic rings. The number of aliphatic carboxylic acids is 1. The Morgan fingerprint density at radius 2 is 1.93 bits per heavy atom. The van der Waals surface area contributed by atoms with E-state index in [0.29, 0.717) is 18.3 Å². The third kappa shape index (κ3) is 5.00. The van der Waals surface area contributed by atoms with Gasteiger partial charge in [0.1, 0.15) is 5.75 Å². The first-order valence-corrected chi connectivity index (χ1v) is 11.2. The van der Waals surface area contributed by atoms with Gasteiger partial charge in [-0.25, -0.2) is 4.98 Å². The van der Waals surface area contributed by atoms with Gasteiger partial charge in [0, 0.05) is 29.1 Å². The highest BCUT2D eigenvalue weighted by atomic mass is 32.1. The molecule has 4 rings (SSSR count). The van der Waals surface area contributed by atoms with Crippen LogP contribution in [0.1, 0.15) is 43.6 Å². The lowest BCUT2D eigenvalue weighted by molar-refractivity contribution is -0.138. The number of hydrogen-bond donors (Lipinski definition) is 2. The predicted molar refractivity (Wildman–Crippen MR) is 121 cm³/mol. The molecule has 1 fully saturated rings. The molecular weight excluding hydrogens is 396 g/mol. The standard InChI is InChI=1S/C24H26N2O3S/c1-29-21-4-2-3-20(14-21)25-24-26-22(15-30-24)19-11-9-18(10-12-19)17-7-5-16(6-8-17)13-23(27)28/h2-4,9-12,14-17H,5-8,13H2,1H3,(H,25,26)(H,27,28)/t16-,17-. The fraction of sp³-hybridized carbons (Fsp3) is 0.333. The molecule has 0 saturated heterocycles. The highest BCUT2D eigenvalue weighted by molar-refractivity contribution is 7.14. The van der Waals surface area contributed by atoms with Gasteiger partial charge in [-0.2, -0.15) is 0 Å². The first kappa shape index (κ1) is 20.4. The van der Waals surface area contributed by atoms with Crippen LogP contribution in [0.2, 0.25) is 0 Å².